The topological polar surface area (TPSA) is 55.6 Å². The first-order valence-corrected chi connectivity index (χ1v) is 7.44. The molecule has 2 fully saturated rings. The van der Waals surface area contributed by atoms with Gasteiger partial charge in [-0.05, 0) is 42.4 Å². The van der Waals surface area contributed by atoms with Crippen LogP contribution in [0.15, 0.2) is 18.2 Å². The highest BCUT2D eigenvalue weighted by molar-refractivity contribution is 5.96. The van der Waals surface area contributed by atoms with Gasteiger partial charge in [-0.15, -0.1) is 0 Å². The monoisotopic (exact) mass is 272 g/mol. The summed E-state index contributed by atoms with van der Waals surface area (Å²) < 4.78 is 5.47. The molecule has 20 heavy (non-hydrogen) atoms. The number of rotatable bonds is 1. The third-order valence-corrected chi connectivity index (χ3v) is 5.24. The van der Waals surface area contributed by atoms with Crippen LogP contribution >= 0.6 is 0 Å². The van der Waals surface area contributed by atoms with Crippen molar-refractivity contribution in [3.63, 3.8) is 0 Å². The van der Waals surface area contributed by atoms with Crippen molar-refractivity contribution < 1.29 is 9.53 Å². The maximum atomic E-state index is 12.8. The van der Waals surface area contributed by atoms with Crippen LogP contribution in [0.1, 0.15) is 34.3 Å². The van der Waals surface area contributed by atoms with Crippen LogP contribution in [0.2, 0.25) is 0 Å². The van der Waals surface area contributed by atoms with Gasteiger partial charge in [0.1, 0.15) is 0 Å². The molecule has 0 radical (unpaired) electrons. The van der Waals surface area contributed by atoms with Gasteiger partial charge < -0.3 is 15.4 Å². The van der Waals surface area contributed by atoms with Gasteiger partial charge in [0.25, 0.3) is 5.91 Å². The Labute approximate surface area is 118 Å². The Morgan fingerprint density at radius 1 is 1.45 bits per heavy atom. The average molecular weight is 272 g/mol. The second kappa shape index (κ2) is 4.30. The minimum absolute atomic E-state index is 0.104. The minimum atomic E-state index is -0.104. The zero-order valence-corrected chi connectivity index (χ0v) is 11.6. The summed E-state index contributed by atoms with van der Waals surface area (Å²) in [5, 5.41) is 0. The quantitative estimate of drug-likeness (QED) is 0.839. The second-order valence-electron chi connectivity index (χ2n) is 6.40. The lowest BCUT2D eigenvalue weighted by molar-refractivity contribution is 0.0777. The number of nitrogens with zero attached hydrogens (tertiary/aromatic N) is 1. The van der Waals surface area contributed by atoms with Gasteiger partial charge in [0.2, 0.25) is 0 Å². The SMILES string of the molecule is N[C@]12CC[C@H]1CN(C(=O)c1cccc3c1CCOC3)C2. The van der Waals surface area contributed by atoms with Crippen molar-refractivity contribution in [1.82, 2.24) is 4.90 Å². The number of carbonyl (C=O) groups is 1. The molecule has 0 unspecified atom stereocenters. The van der Waals surface area contributed by atoms with Crippen LogP contribution in [0, 0.1) is 5.92 Å². The van der Waals surface area contributed by atoms with Gasteiger partial charge in [0.05, 0.1) is 13.2 Å². The summed E-state index contributed by atoms with van der Waals surface area (Å²) in [4.78, 5) is 14.8. The largest absolute Gasteiger partial charge is 0.376 e. The highest BCUT2D eigenvalue weighted by atomic mass is 16.5. The predicted octanol–water partition coefficient (Wildman–Crippen LogP) is 1.32. The summed E-state index contributed by atoms with van der Waals surface area (Å²) in [6.07, 6.45) is 3.06. The van der Waals surface area contributed by atoms with E-state index in [0.717, 1.165) is 37.1 Å². The summed E-state index contributed by atoms with van der Waals surface area (Å²) in [6, 6.07) is 5.98. The van der Waals surface area contributed by atoms with Crippen molar-refractivity contribution in [3.8, 4) is 0 Å². The summed E-state index contributed by atoms with van der Waals surface area (Å²) in [5.41, 5.74) is 9.43. The summed E-state index contributed by atoms with van der Waals surface area (Å²) in [7, 11) is 0. The molecule has 0 spiro atoms. The number of nitrogens with two attached hydrogens (primary N) is 1. The molecule has 2 heterocycles. The van der Waals surface area contributed by atoms with Crippen molar-refractivity contribution in [1.29, 1.82) is 0 Å². The Kier molecular flexibility index (Phi) is 2.66. The molecule has 1 saturated carbocycles. The van der Waals surface area contributed by atoms with E-state index < -0.39 is 0 Å². The van der Waals surface area contributed by atoms with Crippen LogP contribution in [0.4, 0.5) is 0 Å². The van der Waals surface area contributed by atoms with E-state index in [9.17, 15) is 4.79 Å². The fourth-order valence-corrected chi connectivity index (χ4v) is 3.83. The molecule has 4 rings (SSSR count). The Morgan fingerprint density at radius 2 is 2.35 bits per heavy atom. The van der Waals surface area contributed by atoms with E-state index in [4.69, 9.17) is 10.5 Å². The van der Waals surface area contributed by atoms with Crippen LogP contribution in [0.25, 0.3) is 0 Å². The molecule has 4 heteroatoms. The van der Waals surface area contributed by atoms with Crippen molar-refractivity contribution >= 4 is 5.91 Å². The number of fused-ring (bicyclic) bond motifs is 2. The first-order chi connectivity index (χ1) is 9.67. The van der Waals surface area contributed by atoms with Crippen LogP contribution in [-0.2, 0) is 17.8 Å². The first-order valence-electron chi connectivity index (χ1n) is 7.44. The number of benzene rings is 1. The highest BCUT2D eigenvalue weighted by Crippen LogP contribution is 2.43. The Morgan fingerprint density at radius 3 is 3.05 bits per heavy atom. The van der Waals surface area contributed by atoms with E-state index in [2.05, 4.69) is 6.07 Å². The maximum absolute atomic E-state index is 12.8. The van der Waals surface area contributed by atoms with Crippen LogP contribution < -0.4 is 5.73 Å². The van der Waals surface area contributed by atoms with Crippen molar-refractivity contribution in [2.24, 2.45) is 11.7 Å². The van der Waals surface area contributed by atoms with E-state index in [-0.39, 0.29) is 11.4 Å². The van der Waals surface area contributed by atoms with E-state index in [1.54, 1.807) is 0 Å². The zero-order valence-electron chi connectivity index (χ0n) is 11.6. The molecule has 2 aliphatic heterocycles. The number of hydrogen-bond acceptors (Lipinski definition) is 3. The fourth-order valence-electron chi connectivity index (χ4n) is 3.83. The van der Waals surface area contributed by atoms with Crippen LogP contribution in [-0.4, -0.2) is 36.0 Å². The van der Waals surface area contributed by atoms with E-state index in [0.29, 0.717) is 19.1 Å². The number of ether oxygens (including phenoxy) is 1. The van der Waals surface area contributed by atoms with E-state index in [1.807, 2.05) is 17.0 Å². The standard InChI is InChI=1S/C16H20N2O2/c17-16-6-4-12(16)8-18(10-16)15(19)14-3-1-2-11-9-20-7-5-13(11)14/h1-3,12H,4-10,17H2/t12-,16-/m0/s1. The normalized spacial score (nSPS) is 31.4. The first kappa shape index (κ1) is 12.4. The Bertz CT molecular complexity index is 572. The minimum Gasteiger partial charge on any atom is -0.376 e. The summed E-state index contributed by atoms with van der Waals surface area (Å²) >= 11 is 0. The van der Waals surface area contributed by atoms with Crippen LogP contribution in [0.3, 0.4) is 0 Å². The Balaban J connectivity index is 1.63. The highest BCUT2D eigenvalue weighted by Gasteiger charge is 2.51. The molecule has 1 saturated heterocycles. The molecule has 0 bridgehead atoms. The molecule has 3 aliphatic rings. The van der Waals surface area contributed by atoms with Gasteiger partial charge in [-0.1, -0.05) is 12.1 Å². The van der Waals surface area contributed by atoms with E-state index >= 15 is 0 Å². The Hall–Kier alpha value is -1.39. The van der Waals surface area contributed by atoms with Gasteiger partial charge in [-0.25, -0.2) is 0 Å². The average Bonchev–Trinajstić information content (AvgIpc) is 2.70. The van der Waals surface area contributed by atoms with Gasteiger partial charge in [-0.3, -0.25) is 4.79 Å². The predicted molar refractivity (Wildman–Crippen MR) is 75.3 cm³/mol. The van der Waals surface area contributed by atoms with Gasteiger partial charge in [0.15, 0.2) is 0 Å². The number of likely N-dealkylation sites (tertiary alicyclic amines) is 1. The molecule has 0 aromatic heterocycles. The maximum Gasteiger partial charge on any atom is 0.254 e. The molecule has 1 aromatic carbocycles. The van der Waals surface area contributed by atoms with Crippen molar-refractivity contribution in [3.05, 3.63) is 34.9 Å². The van der Waals surface area contributed by atoms with Gasteiger partial charge in [-0.2, -0.15) is 0 Å². The van der Waals surface area contributed by atoms with E-state index in [1.165, 1.54) is 12.0 Å². The number of hydrogen-bond donors (Lipinski definition) is 1. The van der Waals surface area contributed by atoms with Crippen LogP contribution in [0.5, 0.6) is 0 Å². The molecule has 1 aromatic rings. The third-order valence-electron chi connectivity index (χ3n) is 5.24. The van der Waals surface area contributed by atoms with Crippen molar-refractivity contribution in [2.45, 2.75) is 31.4 Å². The molecule has 106 valence electrons. The fraction of sp³-hybridized carbons (Fsp3) is 0.562. The lowest BCUT2D eigenvalue weighted by atomic mass is 9.70. The molecule has 2 atom stereocenters. The molecule has 1 aliphatic carbocycles. The molecule has 4 nitrogen and oxygen atoms in total. The molecular weight excluding hydrogens is 252 g/mol. The summed E-state index contributed by atoms with van der Waals surface area (Å²) in [5.74, 6) is 0.664. The lowest BCUT2D eigenvalue weighted by Crippen LogP contribution is -2.54. The smallest absolute Gasteiger partial charge is 0.254 e. The van der Waals surface area contributed by atoms with Gasteiger partial charge in [0, 0.05) is 24.2 Å². The summed E-state index contributed by atoms with van der Waals surface area (Å²) in [6.45, 7) is 2.88. The van der Waals surface area contributed by atoms with Crippen molar-refractivity contribution in [2.75, 3.05) is 19.7 Å². The number of carbonyl (C=O) groups excluding carboxylic acids is 1. The molecule has 1 amide bonds. The van der Waals surface area contributed by atoms with Gasteiger partial charge >= 0.3 is 0 Å². The zero-order chi connectivity index (χ0) is 13.7. The second-order valence-corrected chi connectivity index (χ2v) is 6.40. The lowest BCUT2D eigenvalue weighted by Gasteiger charge is -2.39. The molecular formula is C16H20N2O2. The molecule has 2 N–H and O–H groups in total. The number of amides is 1. The third kappa shape index (κ3) is 1.71.